The molecular weight excluding hydrogens is 364 g/mol. The topological polar surface area (TPSA) is 128 Å². The van der Waals surface area contributed by atoms with Crippen molar-refractivity contribution in [2.75, 3.05) is 0 Å². The van der Waals surface area contributed by atoms with Crippen LogP contribution in [-0.4, -0.2) is 21.3 Å². The van der Waals surface area contributed by atoms with Crippen LogP contribution in [0.4, 0.5) is 11.4 Å². The minimum absolute atomic E-state index is 0.112. The Morgan fingerprint density at radius 3 is 2.00 bits per heavy atom. The summed E-state index contributed by atoms with van der Waals surface area (Å²) in [5.74, 6) is -0.905. The molecule has 0 bridgehead atoms. The van der Waals surface area contributed by atoms with Crippen molar-refractivity contribution in [1.29, 1.82) is 0 Å². The van der Waals surface area contributed by atoms with E-state index in [1.165, 1.54) is 19.1 Å². The van der Waals surface area contributed by atoms with Crippen LogP contribution >= 0.6 is 0 Å². The van der Waals surface area contributed by atoms with E-state index in [0.717, 1.165) is 0 Å². The van der Waals surface area contributed by atoms with Gasteiger partial charge < -0.3 is 0 Å². The van der Waals surface area contributed by atoms with E-state index in [4.69, 9.17) is 0 Å². The fraction of sp³-hybridized carbons (Fsp3) is 0.263. The standard InChI is InChI=1S/C19H18N4O5/c1-11-17(12(2)24)18(13-7-3-5-9-15(13)22(25)26)21-19(20-11)14-8-4-6-10-16(14)23(27)28/h3-10,17-19,21H,1-2H3/t17?,18-,19+/m1/s1. The highest BCUT2D eigenvalue weighted by Gasteiger charge is 2.39. The molecule has 0 aliphatic carbocycles. The normalized spacial score (nSPS) is 21.6. The highest BCUT2D eigenvalue weighted by atomic mass is 16.6. The molecule has 0 saturated carbocycles. The Balaban J connectivity index is 2.14. The van der Waals surface area contributed by atoms with Gasteiger partial charge in [0.25, 0.3) is 11.4 Å². The average Bonchev–Trinajstić information content (AvgIpc) is 2.66. The lowest BCUT2D eigenvalue weighted by atomic mass is 9.84. The smallest absolute Gasteiger partial charge is 0.276 e. The minimum atomic E-state index is -0.804. The zero-order valence-corrected chi connectivity index (χ0v) is 15.2. The molecule has 2 aromatic rings. The highest BCUT2D eigenvalue weighted by molar-refractivity contribution is 6.04. The summed E-state index contributed by atoms with van der Waals surface area (Å²) in [6.07, 6.45) is -0.804. The Hall–Kier alpha value is -3.46. The number of rotatable bonds is 5. The van der Waals surface area contributed by atoms with Crippen molar-refractivity contribution in [2.24, 2.45) is 10.9 Å². The molecule has 28 heavy (non-hydrogen) atoms. The number of para-hydroxylation sites is 2. The number of benzene rings is 2. The summed E-state index contributed by atoms with van der Waals surface area (Å²) < 4.78 is 0. The number of nitrogens with zero attached hydrogens (tertiary/aromatic N) is 3. The fourth-order valence-corrected chi connectivity index (χ4v) is 3.59. The monoisotopic (exact) mass is 382 g/mol. The van der Waals surface area contributed by atoms with Crippen LogP contribution in [0.5, 0.6) is 0 Å². The minimum Gasteiger partial charge on any atom is -0.299 e. The molecule has 0 amide bonds. The van der Waals surface area contributed by atoms with Crippen molar-refractivity contribution in [3.05, 3.63) is 79.9 Å². The molecule has 3 rings (SSSR count). The molecular formula is C19H18N4O5. The molecule has 0 saturated heterocycles. The van der Waals surface area contributed by atoms with Crippen molar-refractivity contribution in [3.63, 3.8) is 0 Å². The van der Waals surface area contributed by atoms with E-state index in [9.17, 15) is 25.0 Å². The van der Waals surface area contributed by atoms with Gasteiger partial charge in [-0.05, 0) is 19.9 Å². The number of nitrogens with one attached hydrogen (secondary N) is 1. The Labute approximate surface area is 160 Å². The lowest BCUT2D eigenvalue weighted by molar-refractivity contribution is -0.386. The van der Waals surface area contributed by atoms with Crippen LogP contribution < -0.4 is 5.32 Å². The predicted octanol–water partition coefficient (Wildman–Crippen LogP) is 3.51. The third kappa shape index (κ3) is 3.52. The largest absolute Gasteiger partial charge is 0.299 e. The Morgan fingerprint density at radius 1 is 0.964 bits per heavy atom. The maximum Gasteiger partial charge on any atom is 0.276 e. The van der Waals surface area contributed by atoms with Crippen LogP contribution in [0, 0.1) is 26.1 Å². The molecule has 144 valence electrons. The van der Waals surface area contributed by atoms with Gasteiger partial charge in [0.2, 0.25) is 0 Å². The first-order valence-electron chi connectivity index (χ1n) is 8.58. The number of nitro benzene ring substituents is 2. The second kappa shape index (κ2) is 7.65. The van der Waals surface area contributed by atoms with E-state index < -0.39 is 28.0 Å². The van der Waals surface area contributed by atoms with Gasteiger partial charge in [-0.3, -0.25) is 35.3 Å². The predicted molar refractivity (Wildman–Crippen MR) is 102 cm³/mol. The summed E-state index contributed by atoms with van der Waals surface area (Å²) in [6.45, 7) is 3.06. The van der Waals surface area contributed by atoms with Crippen molar-refractivity contribution in [2.45, 2.75) is 26.1 Å². The molecule has 2 aromatic carbocycles. The highest BCUT2D eigenvalue weighted by Crippen LogP contribution is 2.38. The number of nitro groups is 2. The van der Waals surface area contributed by atoms with Crippen LogP contribution in [0.3, 0.4) is 0 Å². The van der Waals surface area contributed by atoms with Gasteiger partial charge in [-0.1, -0.05) is 30.3 Å². The van der Waals surface area contributed by atoms with Crippen LogP contribution in [0.1, 0.15) is 37.2 Å². The molecule has 1 unspecified atom stereocenters. The van der Waals surface area contributed by atoms with Crippen LogP contribution in [0.15, 0.2) is 53.5 Å². The first-order valence-corrected chi connectivity index (χ1v) is 8.58. The SMILES string of the molecule is CC(=O)C1C(C)=N[C@H](c2ccccc2[N+](=O)[O-])N[C@@H]1c1ccccc1[N+](=O)[O-]. The quantitative estimate of drug-likeness (QED) is 0.622. The summed E-state index contributed by atoms with van der Waals surface area (Å²) in [4.78, 5) is 38.6. The van der Waals surface area contributed by atoms with Gasteiger partial charge in [-0.15, -0.1) is 0 Å². The molecule has 9 nitrogen and oxygen atoms in total. The summed E-state index contributed by atoms with van der Waals surface area (Å²) >= 11 is 0. The first kappa shape index (κ1) is 19.3. The van der Waals surface area contributed by atoms with Gasteiger partial charge in [-0.25, -0.2) is 0 Å². The van der Waals surface area contributed by atoms with Crippen molar-refractivity contribution in [3.8, 4) is 0 Å². The van der Waals surface area contributed by atoms with E-state index in [1.54, 1.807) is 43.3 Å². The first-order chi connectivity index (χ1) is 13.3. The lowest BCUT2D eigenvalue weighted by Gasteiger charge is -2.34. The van der Waals surface area contributed by atoms with Crippen LogP contribution in [0.25, 0.3) is 0 Å². The van der Waals surface area contributed by atoms with Gasteiger partial charge in [0.05, 0.1) is 27.4 Å². The van der Waals surface area contributed by atoms with E-state index in [0.29, 0.717) is 16.8 Å². The number of Topliss-reactive ketones (excluding diaryl/α,β-unsaturated/α-hetero) is 1. The fourth-order valence-electron chi connectivity index (χ4n) is 3.59. The molecule has 0 spiro atoms. The molecule has 3 atom stereocenters. The Bertz CT molecular complexity index is 988. The molecule has 1 N–H and O–H groups in total. The van der Waals surface area contributed by atoms with E-state index in [-0.39, 0.29) is 17.2 Å². The average molecular weight is 382 g/mol. The van der Waals surface area contributed by atoms with Gasteiger partial charge in [0.1, 0.15) is 11.9 Å². The van der Waals surface area contributed by atoms with Gasteiger partial charge in [0.15, 0.2) is 0 Å². The van der Waals surface area contributed by atoms with Crippen LogP contribution in [0.2, 0.25) is 0 Å². The van der Waals surface area contributed by atoms with Crippen molar-refractivity contribution >= 4 is 22.9 Å². The Kier molecular flexibility index (Phi) is 5.27. The molecule has 0 aromatic heterocycles. The summed E-state index contributed by atoms with van der Waals surface area (Å²) in [5, 5.41) is 26.0. The Morgan fingerprint density at radius 2 is 1.46 bits per heavy atom. The van der Waals surface area contributed by atoms with Crippen LogP contribution in [-0.2, 0) is 4.79 Å². The number of aliphatic imine (C=N–C) groups is 1. The molecule has 1 heterocycles. The molecule has 0 radical (unpaired) electrons. The molecule has 9 heteroatoms. The number of hydrogen-bond acceptors (Lipinski definition) is 7. The zero-order chi connectivity index (χ0) is 20.4. The lowest BCUT2D eigenvalue weighted by Crippen LogP contribution is -2.42. The van der Waals surface area contributed by atoms with Gasteiger partial charge in [-0.2, -0.15) is 0 Å². The van der Waals surface area contributed by atoms with E-state index in [2.05, 4.69) is 10.3 Å². The van der Waals surface area contributed by atoms with Gasteiger partial charge >= 0.3 is 0 Å². The number of carbonyl (C=O) groups excluding carboxylic acids is 1. The number of hydrogen-bond donors (Lipinski definition) is 1. The summed E-state index contributed by atoms with van der Waals surface area (Å²) in [5.41, 5.74) is 0.905. The second-order valence-corrected chi connectivity index (χ2v) is 6.54. The van der Waals surface area contributed by atoms with Crippen molar-refractivity contribution < 1.29 is 14.6 Å². The summed E-state index contributed by atoms with van der Waals surface area (Å²) in [6, 6.07) is 11.6. The maximum atomic E-state index is 12.3. The van der Waals surface area contributed by atoms with Gasteiger partial charge in [0, 0.05) is 23.4 Å². The molecule has 0 fully saturated rings. The van der Waals surface area contributed by atoms with Crippen molar-refractivity contribution in [1.82, 2.24) is 5.32 Å². The van der Waals surface area contributed by atoms with E-state index in [1.807, 2.05) is 0 Å². The third-order valence-corrected chi connectivity index (χ3v) is 4.79. The second-order valence-electron chi connectivity index (χ2n) is 6.54. The summed E-state index contributed by atoms with van der Waals surface area (Å²) in [7, 11) is 0. The number of ketones is 1. The molecule has 1 aliphatic rings. The zero-order valence-electron chi connectivity index (χ0n) is 15.2. The maximum absolute atomic E-state index is 12.3. The number of carbonyl (C=O) groups is 1. The third-order valence-electron chi connectivity index (χ3n) is 4.79. The molecule has 1 aliphatic heterocycles. The van der Waals surface area contributed by atoms with E-state index >= 15 is 0 Å².